The zero-order chi connectivity index (χ0) is 18.4. The lowest BCUT2D eigenvalue weighted by Gasteiger charge is -2.38. The van der Waals surface area contributed by atoms with Gasteiger partial charge in [-0.1, -0.05) is 37.1 Å². The molecule has 0 aromatic heterocycles. The molecule has 5 nitrogen and oxygen atoms in total. The van der Waals surface area contributed by atoms with Gasteiger partial charge in [-0.15, -0.1) is 0 Å². The molecule has 1 atom stereocenters. The minimum absolute atomic E-state index is 0.00904. The molecule has 2 saturated heterocycles. The standard InChI is InChI=1S/C21H33N3O2/c1-18(23-10-6-2-3-7-11-23)21(26)24-14-12-22(13-15-24)16-19-8-4-5-9-20(19)17-25/h4-5,8-9,18,25H,2-3,6-7,10-17H2,1H3/t18-/m1/s1. The van der Waals surface area contributed by atoms with E-state index in [-0.39, 0.29) is 12.6 Å². The monoisotopic (exact) mass is 359 g/mol. The van der Waals surface area contributed by atoms with Gasteiger partial charge in [-0.05, 0) is 44.0 Å². The first-order valence-electron chi connectivity index (χ1n) is 10.1. The molecule has 0 bridgehead atoms. The van der Waals surface area contributed by atoms with Crippen molar-refractivity contribution in [2.24, 2.45) is 0 Å². The maximum Gasteiger partial charge on any atom is 0.239 e. The van der Waals surface area contributed by atoms with E-state index in [1.165, 1.54) is 31.2 Å². The van der Waals surface area contributed by atoms with Crippen LogP contribution in [0.4, 0.5) is 0 Å². The zero-order valence-electron chi connectivity index (χ0n) is 16.1. The Kier molecular flexibility index (Phi) is 7.06. The summed E-state index contributed by atoms with van der Waals surface area (Å²) in [7, 11) is 0. The second kappa shape index (κ2) is 9.49. The van der Waals surface area contributed by atoms with Crippen molar-refractivity contribution in [3.63, 3.8) is 0 Å². The Labute approximate surface area is 157 Å². The van der Waals surface area contributed by atoms with Crippen molar-refractivity contribution in [2.45, 2.75) is 51.8 Å². The first-order valence-corrected chi connectivity index (χ1v) is 10.1. The Morgan fingerprint density at radius 1 is 0.962 bits per heavy atom. The van der Waals surface area contributed by atoms with Crippen LogP contribution in [0.2, 0.25) is 0 Å². The van der Waals surface area contributed by atoms with E-state index in [0.29, 0.717) is 5.91 Å². The fourth-order valence-electron chi connectivity index (χ4n) is 4.14. The number of rotatable bonds is 5. The Hall–Kier alpha value is -1.43. The number of hydrogen-bond acceptors (Lipinski definition) is 4. The van der Waals surface area contributed by atoms with Gasteiger partial charge < -0.3 is 10.0 Å². The molecule has 0 radical (unpaired) electrons. The third kappa shape index (κ3) is 4.84. The number of benzene rings is 1. The maximum absolute atomic E-state index is 12.9. The second-order valence-electron chi connectivity index (χ2n) is 7.65. The molecule has 0 spiro atoms. The first-order chi connectivity index (χ1) is 12.7. The van der Waals surface area contributed by atoms with E-state index in [2.05, 4.69) is 22.8 Å². The molecule has 1 amide bonds. The molecule has 1 aromatic carbocycles. The molecule has 26 heavy (non-hydrogen) atoms. The topological polar surface area (TPSA) is 47.0 Å². The molecule has 0 aliphatic carbocycles. The summed E-state index contributed by atoms with van der Waals surface area (Å²) >= 11 is 0. The minimum Gasteiger partial charge on any atom is -0.392 e. The summed E-state index contributed by atoms with van der Waals surface area (Å²) in [5.74, 6) is 0.294. The van der Waals surface area contributed by atoms with Crippen molar-refractivity contribution >= 4 is 5.91 Å². The van der Waals surface area contributed by atoms with E-state index < -0.39 is 0 Å². The number of nitrogens with zero attached hydrogens (tertiary/aromatic N) is 3. The Morgan fingerprint density at radius 3 is 2.19 bits per heavy atom. The van der Waals surface area contributed by atoms with Crippen LogP contribution in [-0.4, -0.2) is 71.0 Å². The molecule has 5 heteroatoms. The molecular weight excluding hydrogens is 326 g/mol. The van der Waals surface area contributed by atoms with Crippen molar-refractivity contribution in [2.75, 3.05) is 39.3 Å². The van der Waals surface area contributed by atoms with Gasteiger partial charge in [-0.3, -0.25) is 14.6 Å². The Balaban J connectivity index is 1.50. The normalized spacial score (nSPS) is 21.4. The van der Waals surface area contributed by atoms with Crippen LogP contribution in [0, 0.1) is 0 Å². The van der Waals surface area contributed by atoms with Crippen LogP contribution in [0.5, 0.6) is 0 Å². The summed E-state index contributed by atoms with van der Waals surface area (Å²) in [6, 6.07) is 8.07. The van der Waals surface area contributed by atoms with Crippen molar-refractivity contribution < 1.29 is 9.90 Å². The molecule has 1 aromatic rings. The van der Waals surface area contributed by atoms with E-state index in [1.54, 1.807) is 0 Å². The SMILES string of the molecule is C[C@H](C(=O)N1CCN(Cc2ccccc2CO)CC1)N1CCCCCC1. The molecule has 2 aliphatic heterocycles. The van der Waals surface area contributed by atoms with Gasteiger partial charge in [-0.2, -0.15) is 0 Å². The van der Waals surface area contributed by atoms with Crippen molar-refractivity contribution in [1.29, 1.82) is 0 Å². The van der Waals surface area contributed by atoms with Crippen LogP contribution in [0.25, 0.3) is 0 Å². The summed E-state index contributed by atoms with van der Waals surface area (Å²) < 4.78 is 0. The maximum atomic E-state index is 12.9. The molecule has 2 aliphatic rings. The van der Waals surface area contributed by atoms with E-state index in [4.69, 9.17) is 0 Å². The van der Waals surface area contributed by atoms with Crippen LogP contribution in [0.1, 0.15) is 43.7 Å². The number of carbonyl (C=O) groups excluding carboxylic acids is 1. The molecule has 144 valence electrons. The average molecular weight is 360 g/mol. The lowest BCUT2D eigenvalue weighted by Crippen LogP contribution is -2.54. The Bertz CT molecular complexity index is 576. The van der Waals surface area contributed by atoms with E-state index in [0.717, 1.165) is 51.4 Å². The Morgan fingerprint density at radius 2 is 1.58 bits per heavy atom. The highest BCUT2D eigenvalue weighted by molar-refractivity contribution is 5.81. The van der Waals surface area contributed by atoms with Gasteiger partial charge in [0.1, 0.15) is 0 Å². The lowest BCUT2D eigenvalue weighted by molar-refractivity contribution is -0.138. The van der Waals surface area contributed by atoms with Gasteiger partial charge in [0.25, 0.3) is 0 Å². The minimum atomic E-state index is 0.00904. The molecule has 0 unspecified atom stereocenters. The van der Waals surface area contributed by atoms with Gasteiger partial charge in [0.05, 0.1) is 12.6 Å². The number of carbonyl (C=O) groups is 1. The predicted molar refractivity (Wildman–Crippen MR) is 104 cm³/mol. The van der Waals surface area contributed by atoms with Crippen LogP contribution in [0.3, 0.4) is 0 Å². The third-order valence-electron chi connectivity index (χ3n) is 5.91. The van der Waals surface area contributed by atoms with Gasteiger partial charge >= 0.3 is 0 Å². The second-order valence-corrected chi connectivity index (χ2v) is 7.65. The van der Waals surface area contributed by atoms with E-state index in [1.807, 2.05) is 23.1 Å². The third-order valence-corrected chi connectivity index (χ3v) is 5.91. The fourth-order valence-corrected chi connectivity index (χ4v) is 4.14. The largest absolute Gasteiger partial charge is 0.392 e. The summed E-state index contributed by atoms with van der Waals surface area (Å²) in [4.78, 5) is 19.7. The van der Waals surface area contributed by atoms with Crippen LogP contribution in [-0.2, 0) is 17.9 Å². The molecule has 1 N–H and O–H groups in total. The predicted octanol–water partition coefficient (Wildman–Crippen LogP) is 2.09. The number of aliphatic hydroxyl groups excluding tert-OH is 1. The smallest absolute Gasteiger partial charge is 0.239 e. The number of amides is 1. The molecule has 2 heterocycles. The lowest BCUT2D eigenvalue weighted by atomic mass is 10.1. The van der Waals surface area contributed by atoms with Crippen LogP contribution >= 0.6 is 0 Å². The molecule has 3 rings (SSSR count). The molecule has 0 saturated carbocycles. The fraction of sp³-hybridized carbons (Fsp3) is 0.667. The van der Waals surface area contributed by atoms with Gasteiger partial charge in [0.15, 0.2) is 0 Å². The highest BCUT2D eigenvalue weighted by Gasteiger charge is 2.28. The summed E-state index contributed by atoms with van der Waals surface area (Å²) in [6.45, 7) is 8.54. The summed E-state index contributed by atoms with van der Waals surface area (Å²) in [6.07, 6.45) is 5.03. The molecular formula is C21H33N3O2. The average Bonchev–Trinajstić information content (AvgIpc) is 2.97. The van der Waals surface area contributed by atoms with E-state index in [9.17, 15) is 9.90 Å². The number of piperazine rings is 1. The zero-order valence-corrected chi connectivity index (χ0v) is 16.1. The number of hydrogen-bond donors (Lipinski definition) is 1. The first kappa shape index (κ1) is 19.3. The number of aliphatic hydroxyl groups is 1. The highest BCUT2D eigenvalue weighted by atomic mass is 16.3. The van der Waals surface area contributed by atoms with Crippen LogP contribution < -0.4 is 0 Å². The summed E-state index contributed by atoms with van der Waals surface area (Å²) in [5, 5.41) is 9.49. The highest BCUT2D eigenvalue weighted by Crippen LogP contribution is 2.17. The van der Waals surface area contributed by atoms with E-state index >= 15 is 0 Å². The van der Waals surface area contributed by atoms with Gasteiger partial charge in [0, 0.05) is 32.7 Å². The van der Waals surface area contributed by atoms with Crippen molar-refractivity contribution in [3.8, 4) is 0 Å². The quantitative estimate of drug-likeness (QED) is 0.874. The number of likely N-dealkylation sites (tertiary alicyclic amines) is 1. The molecule has 2 fully saturated rings. The van der Waals surface area contributed by atoms with Crippen molar-refractivity contribution in [1.82, 2.24) is 14.7 Å². The van der Waals surface area contributed by atoms with Gasteiger partial charge in [0.2, 0.25) is 5.91 Å². The van der Waals surface area contributed by atoms with Crippen molar-refractivity contribution in [3.05, 3.63) is 35.4 Å². The summed E-state index contributed by atoms with van der Waals surface area (Å²) in [5.41, 5.74) is 2.19. The van der Waals surface area contributed by atoms with Gasteiger partial charge in [-0.25, -0.2) is 0 Å². The van der Waals surface area contributed by atoms with Crippen LogP contribution in [0.15, 0.2) is 24.3 Å².